The van der Waals surface area contributed by atoms with Crippen molar-refractivity contribution in [3.63, 3.8) is 0 Å². The molecular formula is C15H21N3S. The highest BCUT2D eigenvalue weighted by atomic mass is 32.1. The maximum atomic E-state index is 4.19. The number of hydrogen-bond acceptors (Lipinski definition) is 4. The Kier molecular flexibility index (Phi) is 4.32. The number of aromatic nitrogens is 2. The van der Waals surface area contributed by atoms with E-state index in [2.05, 4.69) is 66.9 Å². The summed E-state index contributed by atoms with van der Waals surface area (Å²) in [6, 6.07) is 8.93. The second-order valence-corrected chi connectivity index (χ2v) is 6.30. The Bertz CT molecular complexity index is 497. The third-order valence-corrected chi connectivity index (χ3v) is 3.71. The molecule has 0 aliphatic carbocycles. The van der Waals surface area contributed by atoms with Crippen LogP contribution in [0, 0.1) is 0 Å². The normalized spacial score (nSPS) is 13.5. The van der Waals surface area contributed by atoms with Gasteiger partial charge in [0.1, 0.15) is 0 Å². The molecule has 0 saturated carbocycles. The molecule has 3 nitrogen and oxygen atoms in total. The summed E-state index contributed by atoms with van der Waals surface area (Å²) < 4.78 is 3.96. The van der Waals surface area contributed by atoms with Crippen molar-refractivity contribution in [2.24, 2.45) is 0 Å². The first-order valence-corrected chi connectivity index (χ1v) is 7.47. The van der Waals surface area contributed by atoms with Gasteiger partial charge in [-0.25, -0.2) is 0 Å². The van der Waals surface area contributed by atoms with Crippen LogP contribution in [-0.4, -0.2) is 16.1 Å². The van der Waals surface area contributed by atoms with Crippen molar-refractivity contribution >= 4 is 11.5 Å². The summed E-state index contributed by atoms with van der Waals surface area (Å²) in [6.45, 7) is 9.70. The molecule has 2 aromatic rings. The van der Waals surface area contributed by atoms with Crippen LogP contribution in [0.2, 0.25) is 0 Å². The van der Waals surface area contributed by atoms with Crippen LogP contribution in [-0.2, 0) is 5.41 Å². The minimum atomic E-state index is 0.137. The molecule has 0 saturated heterocycles. The minimum absolute atomic E-state index is 0.137. The fourth-order valence-electron chi connectivity index (χ4n) is 2.07. The first kappa shape index (κ1) is 14.2. The zero-order valence-electron chi connectivity index (χ0n) is 12.0. The number of nitrogens with one attached hydrogen (secondary N) is 1. The highest BCUT2D eigenvalue weighted by molar-refractivity contribution is 7.03. The van der Waals surface area contributed by atoms with E-state index >= 15 is 0 Å². The van der Waals surface area contributed by atoms with E-state index in [1.807, 2.05) is 5.38 Å². The lowest BCUT2D eigenvalue weighted by Crippen LogP contribution is -2.22. The minimum Gasteiger partial charge on any atom is -0.305 e. The van der Waals surface area contributed by atoms with E-state index in [1.54, 1.807) is 0 Å². The van der Waals surface area contributed by atoms with Gasteiger partial charge in [0.15, 0.2) is 0 Å². The Morgan fingerprint density at radius 3 is 2.37 bits per heavy atom. The van der Waals surface area contributed by atoms with Crippen LogP contribution >= 0.6 is 11.5 Å². The van der Waals surface area contributed by atoms with Crippen LogP contribution < -0.4 is 5.32 Å². The van der Waals surface area contributed by atoms with Crippen LogP contribution in [0.25, 0.3) is 0 Å². The van der Waals surface area contributed by atoms with Gasteiger partial charge in [0, 0.05) is 5.38 Å². The summed E-state index contributed by atoms with van der Waals surface area (Å²) >= 11 is 1.39. The predicted molar refractivity (Wildman–Crippen MR) is 80.6 cm³/mol. The summed E-state index contributed by atoms with van der Waals surface area (Å²) in [5.41, 5.74) is 3.77. The second-order valence-electron chi connectivity index (χ2n) is 5.69. The van der Waals surface area contributed by atoms with Crippen molar-refractivity contribution in [2.45, 2.75) is 39.2 Å². The average molecular weight is 275 g/mol. The lowest BCUT2D eigenvalue weighted by Gasteiger charge is -2.21. The van der Waals surface area contributed by atoms with E-state index in [0.717, 1.165) is 12.2 Å². The molecule has 0 fully saturated rings. The molecular weight excluding hydrogens is 254 g/mol. The summed E-state index contributed by atoms with van der Waals surface area (Å²) in [7, 11) is 0. The van der Waals surface area contributed by atoms with Crippen molar-refractivity contribution in [2.75, 3.05) is 6.54 Å². The maximum absolute atomic E-state index is 4.19. The molecule has 0 amide bonds. The van der Waals surface area contributed by atoms with Gasteiger partial charge >= 0.3 is 0 Å². The second kappa shape index (κ2) is 5.80. The van der Waals surface area contributed by atoms with Crippen LogP contribution in [0.1, 0.15) is 50.6 Å². The highest BCUT2D eigenvalue weighted by Crippen LogP contribution is 2.26. The SMILES string of the molecule is CCNC(c1ccc(C(C)(C)C)cc1)c1csnn1. The van der Waals surface area contributed by atoms with E-state index < -0.39 is 0 Å². The van der Waals surface area contributed by atoms with Gasteiger partial charge in [-0.3, -0.25) is 0 Å². The first-order valence-electron chi connectivity index (χ1n) is 6.63. The lowest BCUT2D eigenvalue weighted by atomic mass is 9.86. The number of benzene rings is 1. The number of nitrogens with zero attached hydrogens (tertiary/aromatic N) is 2. The Hall–Kier alpha value is -1.26. The zero-order chi connectivity index (χ0) is 13.9. The van der Waals surface area contributed by atoms with Gasteiger partial charge in [-0.15, -0.1) is 5.10 Å². The van der Waals surface area contributed by atoms with Crippen molar-refractivity contribution in [3.05, 3.63) is 46.5 Å². The number of rotatable bonds is 4. The van der Waals surface area contributed by atoms with Crippen LogP contribution in [0.3, 0.4) is 0 Å². The number of hydrogen-bond donors (Lipinski definition) is 1. The van der Waals surface area contributed by atoms with Gasteiger partial charge in [-0.05, 0) is 34.6 Å². The fraction of sp³-hybridized carbons (Fsp3) is 0.467. The van der Waals surface area contributed by atoms with Crippen molar-refractivity contribution in [1.29, 1.82) is 0 Å². The first-order chi connectivity index (χ1) is 9.02. The van der Waals surface area contributed by atoms with Crippen LogP contribution in [0.5, 0.6) is 0 Å². The molecule has 1 unspecified atom stereocenters. The zero-order valence-corrected chi connectivity index (χ0v) is 12.8. The van der Waals surface area contributed by atoms with E-state index in [9.17, 15) is 0 Å². The van der Waals surface area contributed by atoms with Gasteiger partial charge < -0.3 is 5.32 Å². The van der Waals surface area contributed by atoms with Gasteiger partial charge in [0.05, 0.1) is 11.7 Å². The van der Waals surface area contributed by atoms with Crippen molar-refractivity contribution in [3.8, 4) is 0 Å². The Balaban J connectivity index is 2.28. The molecule has 1 aromatic carbocycles. The average Bonchev–Trinajstić information content (AvgIpc) is 2.89. The quantitative estimate of drug-likeness (QED) is 0.927. The Labute approximate surface area is 119 Å². The highest BCUT2D eigenvalue weighted by Gasteiger charge is 2.18. The van der Waals surface area contributed by atoms with E-state index in [4.69, 9.17) is 0 Å². The van der Waals surface area contributed by atoms with Crippen molar-refractivity contribution < 1.29 is 0 Å². The van der Waals surface area contributed by atoms with Gasteiger partial charge in [-0.1, -0.05) is 56.4 Å². The molecule has 1 heterocycles. The molecule has 1 N–H and O–H groups in total. The smallest absolute Gasteiger partial charge is 0.0970 e. The molecule has 2 rings (SSSR count). The van der Waals surface area contributed by atoms with Gasteiger partial charge in [-0.2, -0.15) is 0 Å². The molecule has 4 heteroatoms. The van der Waals surface area contributed by atoms with E-state index in [-0.39, 0.29) is 11.5 Å². The molecule has 0 aliphatic heterocycles. The van der Waals surface area contributed by atoms with Crippen LogP contribution in [0.4, 0.5) is 0 Å². The molecule has 0 aliphatic rings. The third kappa shape index (κ3) is 3.39. The van der Waals surface area contributed by atoms with E-state index in [0.29, 0.717) is 0 Å². The molecule has 102 valence electrons. The van der Waals surface area contributed by atoms with Gasteiger partial charge in [0.2, 0.25) is 0 Å². The Morgan fingerprint density at radius 1 is 1.21 bits per heavy atom. The molecule has 0 bridgehead atoms. The third-order valence-electron chi connectivity index (χ3n) is 3.19. The maximum Gasteiger partial charge on any atom is 0.0970 e. The monoisotopic (exact) mass is 275 g/mol. The summed E-state index contributed by atoms with van der Waals surface area (Å²) in [6.07, 6.45) is 0. The molecule has 0 radical (unpaired) electrons. The Morgan fingerprint density at radius 2 is 1.89 bits per heavy atom. The van der Waals surface area contributed by atoms with E-state index in [1.165, 1.54) is 22.7 Å². The summed E-state index contributed by atoms with van der Waals surface area (Å²) in [5, 5.41) is 9.66. The topological polar surface area (TPSA) is 37.8 Å². The standard InChI is InChI=1S/C15H21N3S/c1-5-16-14(13-10-19-18-17-13)11-6-8-12(9-7-11)15(2,3)4/h6-10,14,16H,5H2,1-4H3. The summed E-state index contributed by atoms with van der Waals surface area (Å²) in [5.74, 6) is 0. The molecule has 1 atom stereocenters. The molecule has 1 aromatic heterocycles. The molecule has 0 spiro atoms. The van der Waals surface area contributed by atoms with Gasteiger partial charge in [0.25, 0.3) is 0 Å². The summed E-state index contributed by atoms with van der Waals surface area (Å²) in [4.78, 5) is 0. The van der Waals surface area contributed by atoms with Crippen LogP contribution in [0.15, 0.2) is 29.6 Å². The lowest BCUT2D eigenvalue weighted by molar-refractivity contribution is 0.586. The predicted octanol–water partition coefficient (Wildman–Crippen LogP) is 3.53. The molecule has 19 heavy (non-hydrogen) atoms. The van der Waals surface area contributed by atoms with Crippen molar-refractivity contribution in [1.82, 2.24) is 14.9 Å². The fourth-order valence-corrected chi connectivity index (χ4v) is 2.55. The largest absolute Gasteiger partial charge is 0.305 e.